The average molecular weight is 624 g/mol. The summed E-state index contributed by atoms with van der Waals surface area (Å²) in [4.78, 5) is 18.6. The molecule has 3 heterocycles. The molecule has 4 aromatic rings. The monoisotopic (exact) mass is 622 g/mol. The smallest absolute Gasteiger partial charge is 0.227 e. The molecule has 0 bridgehead atoms. The second kappa shape index (κ2) is 11.5. The summed E-state index contributed by atoms with van der Waals surface area (Å²) in [6.45, 7) is 0.675. The Hall–Kier alpha value is -4.27. The van der Waals surface area contributed by atoms with E-state index in [2.05, 4.69) is 38.1 Å². The Balaban J connectivity index is 1.42. The maximum Gasteiger partial charge on any atom is 0.227 e. The molecular formula is C29H22Cl3FN8O. The van der Waals surface area contributed by atoms with Gasteiger partial charge in [-0.3, -0.25) is 9.78 Å². The number of anilines is 4. The van der Waals surface area contributed by atoms with Gasteiger partial charge in [0.05, 0.1) is 49.3 Å². The summed E-state index contributed by atoms with van der Waals surface area (Å²) in [5, 5.41) is 17.0. The van der Waals surface area contributed by atoms with Crippen LogP contribution in [0.5, 0.6) is 0 Å². The summed E-state index contributed by atoms with van der Waals surface area (Å²) in [6, 6.07) is 15.9. The fourth-order valence-corrected chi connectivity index (χ4v) is 5.61. The number of nitrogens with zero attached hydrogens (tertiary/aromatic N) is 3. The van der Waals surface area contributed by atoms with Crippen molar-refractivity contribution in [3.8, 4) is 6.07 Å². The molecule has 0 radical (unpaired) electrons. The van der Waals surface area contributed by atoms with Crippen LogP contribution in [0.2, 0.25) is 15.1 Å². The first-order valence-corrected chi connectivity index (χ1v) is 14.0. The summed E-state index contributed by atoms with van der Waals surface area (Å²) in [7, 11) is 0. The highest BCUT2D eigenvalue weighted by Gasteiger charge is 2.25. The van der Waals surface area contributed by atoms with Crippen LogP contribution in [0.4, 0.5) is 27.1 Å². The minimum atomic E-state index is -0.755. The molecule has 1 amide bonds. The highest BCUT2D eigenvalue weighted by molar-refractivity contribution is 6.42. The van der Waals surface area contributed by atoms with Crippen molar-refractivity contribution in [2.45, 2.75) is 18.9 Å². The first-order valence-electron chi connectivity index (χ1n) is 12.9. The SMILES string of the molecule is N#Cc1cnc2c(Cl)cc(N[C@H](C3=CNNN3)c3cccc(N4CCCC4=O)c3)cc2c1Nc1ccc(Cl)c(Cl)c1F. The van der Waals surface area contributed by atoms with Crippen molar-refractivity contribution in [1.29, 1.82) is 5.26 Å². The lowest BCUT2D eigenvalue weighted by molar-refractivity contribution is -0.117. The highest BCUT2D eigenvalue weighted by Crippen LogP contribution is 2.39. The molecule has 1 aromatic heterocycles. The summed E-state index contributed by atoms with van der Waals surface area (Å²) in [6.07, 6.45) is 4.51. The Morgan fingerprint density at radius 1 is 1.12 bits per heavy atom. The van der Waals surface area contributed by atoms with Crippen LogP contribution in [0.25, 0.3) is 10.9 Å². The quantitative estimate of drug-likeness (QED) is 0.145. The number of fused-ring (bicyclic) bond motifs is 1. The number of aromatic nitrogens is 1. The number of nitrogens with one attached hydrogen (secondary N) is 5. The van der Waals surface area contributed by atoms with E-state index in [4.69, 9.17) is 34.8 Å². The lowest BCUT2D eigenvalue weighted by Gasteiger charge is -2.24. The molecule has 2 aliphatic heterocycles. The third-order valence-electron chi connectivity index (χ3n) is 7.06. The van der Waals surface area contributed by atoms with Crippen LogP contribution >= 0.6 is 34.8 Å². The number of rotatable bonds is 7. The third kappa shape index (κ3) is 5.24. The molecule has 6 rings (SSSR count). The van der Waals surface area contributed by atoms with Gasteiger partial charge in [0.25, 0.3) is 0 Å². The van der Waals surface area contributed by atoms with Gasteiger partial charge < -0.3 is 26.4 Å². The van der Waals surface area contributed by atoms with E-state index >= 15 is 0 Å². The Kier molecular flexibility index (Phi) is 7.66. The summed E-state index contributed by atoms with van der Waals surface area (Å²) in [5.41, 5.74) is 12.9. The number of hydrogen-bond donors (Lipinski definition) is 5. The van der Waals surface area contributed by atoms with Crippen molar-refractivity contribution < 1.29 is 9.18 Å². The van der Waals surface area contributed by atoms with E-state index in [0.29, 0.717) is 40.3 Å². The van der Waals surface area contributed by atoms with E-state index in [0.717, 1.165) is 23.4 Å². The number of carbonyl (C=O) groups is 1. The van der Waals surface area contributed by atoms with Gasteiger partial charge in [0.2, 0.25) is 5.91 Å². The van der Waals surface area contributed by atoms with Crippen molar-refractivity contribution in [1.82, 2.24) is 21.4 Å². The number of nitriles is 1. The Morgan fingerprint density at radius 2 is 1.98 bits per heavy atom. The number of carbonyl (C=O) groups excluding carboxylic acids is 1. The molecule has 42 heavy (non-hydrogen) atoms. The van der Waals surface area contributed by atoms with Crippen molar-refractivity contribution >= 4 is 74.4 Å². The van der Waals surface area contributed by atoms with Gasteiger partial charge in [0.15, 0.2) is 5.82 Å². The summed E-state index contributed by atoms with van der Waals surface area (Å²) in [5.74, 6) is -0.659. The minimum Gasteiger partial charge on any atom is -0.373 e. The number of amides is 1. The van der Waals surface area contributed by atoms with Gasteiger partial charge in [0.1, 0.15) is 6.07 Å². The average Bonchev–Trinajstić information content (AvgIpc) is 3.68. The maximum absolute atomic E-state index is 15.0. The van der Waals surface area contributed by atoms with Gasteiger partial charge in [-0.1, -0.05) is 46.9 Å². The minimum absolute atomic E-state index is 0.0338. The Morgan fingerprint density at radius 3 is 2.71 bits per heavy atom. The Bertz CT molecular complexity index is 1810. The molecule has 0 unspecified atom stereocenters. The summed E-state index contributed by atoms with van der Waals surface area (Å²) < 4.78 is 15.0. The van der Waals surface area contributed by atoms with Crippen LogP contribution in [0.1, 0.15) is 30.0 Å². The van der Waals surface area contributed by atoms with E-state index in [-0.39, 0.29) is 27.2 Å². The van der Waals surface area contributed by atoms with Crippen LogP contribution < -0.4 is 31.9 Å². The predicted molar refractivity (Wildman–Crippen MR) is 163 cm³/mol. The van der Waals surface area contributed by atoms with E-state index in [1.54, 1.807) is 23.2 Å². The van der Waals surface area contributed by atoms with Crippen LogP contribution in [0, 0.1) is 17.1 Å². The van der Waals surface area contributed by atoms with Crippen LogP contribution in [-0.2, 0) is 4.79 Å². The fourth-order valence-electron chi connectivity index (χ4n) is 5.03. The summed E-state index contributed by atoms with van der Waals surface area (Å²) >= 11 is 18.7. The van der Waals surface area contributed by atoms with Gasteiger partial charge in [-0.2, -0.15) is 10.8 Å². The van der Waals surface area contributed by atoms with Gasteiger partial charge in [-0.05, 0) is 48.4 Å². The number of halogens is 4. The zero-order valence-corrected chi connectivity index (χ0v) is 24.0. The van der Waals surface area contributed by atoms with E-state index in [1.165, 1.54) is 18.3 Å². The first-order chi connectivity index (χ1) is 20.3. The zero-order chi connectivity index (χ0) is 29.4. The number of hydrogen-bond acceptors (Lipinski definition) is 8. The molecule has 1 saturated heterocycles. The Labute approximate surface area is 255 Å². The van der Waals surface area contributed by atoms with Crippen LogP contribution in [-0.4, -0.2) is 17.4 Å². The molecule has 2 aliphatic rings. The second-order valence-electron chi connectivity index (χ2n) is 9.68. The molecule has 0 aliphatic carbocycles. The number of benzene rings is 3. The topological polar surface area (TPSA) is 117 Å². The standard InChI is InChI=1S/C29H22Cl3FN8O/c30-20-6-7-22(26(33)25(20)32)38-27-16(12-34)13-35-29-19(27)10-17(11-21(29)31)37-28(23-14-36-40-39-23)15-3-1-4-18(9-15)41-8-2-5-24(41)42/h1,3-4,6-7,9-11,13-14,28,36-37,39-40H,2,5,8H2,(H,35,38)/t28-/m0/s1. The number of pyridine rings is 1. The normalized spacial score (nSPS) is 15.2. The van der Waals surface area contributed by atoms with Gasteiger partial charge in [0, 0.05) is 42.1 Å². The zero-order valence-electron chi connectivity index (χ0n) is 21.7. The molecule has 9 nitrogen and oxygen atoms in total. The van der Waals surface area contributed by atoms with Crippen molar-refractivity contribution in [2.75, 3.05) is 22.1 Å². The van der Waals surface area contributed by atoms with Gasteiger partial charge in [-0.15, -0.1) is 0 Å². The molecular weight excluding hydrogens is 602 g/mol. The molecule has 0 spiro atoms. The van der Waals surface area contributed by atoms with E-state index < -0.39 is 11.9 Å². The second-order valence-corrected chi connectivity index (χ2v) is 10.9. The van der Waals surface area contributed by atoms with Gasteiger partial charge >= 0.3 is 0 Å². The van der Waals surface area contributed by atoms with Crippen molar-refractivity contribution in [3.05, 3.63) is 98.6 Å². The van der Waals surface area contributed by atoms with Crippen LogP contribution in [0.15, 0.2) is 66.6 Å². The molecule has 0 saturated carbocycles. The molecule has 212 valence electrons. The molecule has 5 N–H and O–H groups in total. The first kappa shape index (κ1) is 27.9. The van der Waals surface area contributed by atoms with Crippen molar-refractivity contribution in [3.63, 3.8) is 0 Å². The maximum atomic E-state index is 15.0. The van der Waals surface area contributed by atoms with E-state index in [1.807, 2.05) is 24.3 Å². The van der Waals surface area contributed by atoms with Gasteiger partial charge in [-0.25, -0.2) is 4.39 Å². The molecule has 1 fully saturated rings. The fraction of sp³-hybridized carbons (Fsp3) is 0.138. The largest absolute Gasteiger partial charge is 0.373 e. The molecule has 3 aromatic carbocycles. The lowest BCUT2D eigenvalue weighted by Crippen LogP contribution is -2.34. The number of hydrazine groups is 2. The third-order valence-corrected chi connectivity index (χ3v) is 8.13. The van der Waals surface area contributed by atoms with E-state index in [9.17, 15) is 14.4 Å². The van der Waals surface area contributed by atoms with Crippen molar-refractivity contribution in [2.24, 2.45) is 0 Å². The lowest BCUT2D eigenvalue weighted by atomic mass is 10.0. The molecule has 1 atom stereocenters. The molecule has 13 heteroatoms. The highest BCUT2D eigenvalue weighted by atomic mass is 35.5. The van der Waals surface area contributed by atoms with Crippen LogP contribution in [0.3, 0.4) is 0 Å². The predicted octanol–water partition coefficient (Wildman–Crippen LogP) is 6.68.